The number of halogens is 3. The highest BCUT2D eigenvalue weighted by atomic mass is 19.4. The van der Waals surface area contributed by atoms with Gasteiger partial charge in [0.2, 0.25) is 0 Å². The molecule has 0 saturated heterocycles. The summed E-state index contributed by atoms with van der Waals surface area (Å²) < 4.78 is 44.0. The fourth-order valence-corrected chi connectivity index (χ4v) is 3.80. The predicted octanol–water partition coefficient (Wildman–Crippen LogP) is 5.53. The van der Waals surface area contributed by atoms with Gasteiger partial charge in [0.25, 0.3) is 5.91 Å². The third-order valence-corrected chi connectivity index (χ3v) is 5.82. The molecule has 182 valence electrons. The molecule has 0 aliphatic rings. The summed E-state index contributed by atoms with van der Waals surface area (Å²) >= 11 is 0. The summed E-state index contributed by atoms with van der Waals surface area (Å²) in [6.07, 6.45) is -3.00. The van der Waals surface area contributed by atoms with Crippen LogP contribution in [0.4, 0.5) is 19.0 Å². The van der Waals surface area contributed by atoms with Crippen molar-refractivity contribution in [1.29, 1.82) is 0 Å². The first kappa shape index (κ1) is 23.3. The molecule has 3 heterocycles. The van der Waals surface area contributed by atoms with Gasteiger partial charge in [-0.25, -0.2) is 9.50 Å². The molecule has 5 aromatic rings. The molecule has 1 N–H and O–H groups in total. The molecule has 0 saturated carbocycles. The van der Waals surface area contributed by atoms with E-state index in [1.165, 1.54) is 6.07 Å². The topological polar surface area (TPSA) is 77.1 Å². The number of amides is 1. The van der Waals surface area contributed by atoms with Gasteiger partial charge in [0, 0.05) is 23.9 Å². The molecule has 0 unspecified atom stereocenters. The van der Waals surface area contributed by atoms with Crippen LogP contribution in [-0.2, 0) is 12.7 Å². The molecule has 36 heavy (non-hydrogen) atoms. The number of nitrogens with one attached hydrogen (secondary N) is 1. The van der Waals surface area contributed by atoms with Gasteiger partial charge in [-0.1, -0.05) is 42.5 Å². The number of hydrogen-bond donors (Lipinski definition) is 1. The molecule has 5 rings (SSSR count). The van der Waals surface area contributed by atoms with Crippen molar-refractivity contribution < 1.29 is 18.0 Å². The first-order valence-corrected chi connectivity index (χ1v) is 11.1. The number of rotatable bonds is 5. The van der Waals surface area contributed by atoms with E-state index >= 15 is 0 Å². The number of carbonyl (C=O) groups excluding carboxylic acids is 1. The fraction of sp³-hybridized carbons (Fsp3) is 0.154. The standard InChI is InChI=1S/C26H21F3N6O/c1-16-8-9-19(12-17(16)2)20-13-22(26(27,28)29)35-24(30-20)14-21(32-35)25(36)31-23-10-11-34(33-23)15-18-6-4-3-5-7-18/h3-14H,15H2,1-2H3,(H,31,33,36). The van der Waals surface area contributed by atoms with Crippen molar-refractivity contribution in [1.82, 2.24) is 24.4 Å². The van der Waals surface area contributed by atoms with E-state index in [0.717, 1.165) is 22.8 Å². The Balaban J connectivity index is 1.45. The molecule has 0 radical (unpaired) electrons. The zero-order chi connectivity index (χ0) is 25.4. The monoisotopic (exact) mass is 490 g/mol. The molecule has 0 aliphatic heterocycles. The van der Waals surface area contributed by atoms with Gasteiger partial charge in [-0.3, -0.25) is 9.48 Å². The van der Waals surface area contributed by atoms with E-state index < -0.39 is 17.8 Å². The quantitative estimate of drug-likeness (QED) is 0.352. The maximum absolute atomic E-state index is 13.9. The second kappa shape index (κ2) is 8.95. The van der Waals surface area contributed by atoms with Crippen molar-refractivity contribution in [3.63, 3.8) is 0 Å². The highest BCUT2D eigenvalue weighted by molar-refractivity contribution is 6.03. The molecule has 0 atom stereocenters. The van der Waals surface area contributed by atoms with Gasteiger partial charge in [0.1, 0.15) is 0 Å². The first-order valence-electron chi connectivity index (χ1n) is 11.1. The minimum absolute atomic E-state index is 0.0854. The number of alkyl halides is 3. The average molecular weight is 490 g/mol. The van der Waals surface area contributed by atoms with Gasteiger partial charge < -0.3 is 5.32 Å². The molecule has 3 aromatic heterocycles. The molecule has 0 aliphatic carbocycles. The van der Waals surface area contributed by atoms with Crippen LogP contribution in [0.1, 0.15) is 32.9 Å². The third kappa shape index (κ3) is 4.70. The number of anilines is 1. The van der Waals surface area contributed by atoms with E-state index in [1.807, 2.05) is 50.2 Å². The lowest BCUT2D eigenvalue weighted by Crippen LogP contribution is -2.16. The Morgan fingerprint density at radius 2 is 1.72 bits per heavy atom. The van der Waals surface area contributed by atoms with Crippen LogP contribution < -0.4 is 5.32 Å². The summed E-state index contributed by atoms with van der Waals surface area (Å²) in [4.78, 5) is 17.2. The molecular weight excluding hydrogens is 469 g/mol. The Labute approximate surface area is 204 Å². The Kier molecular flexibility index (Phi) is 5.79. The maximum atomic E-state index is 13.9. The van der Waals surface area contributed by atoms with Crippen LogP contribution in [0.25, 0.3) is 16.9 Å². The predicted molar refractivity (Wildman–Crippen MR) is 129 cm³/mol. The Morgan fingerprint density at radius 1 is 0.944 bits per heavy atom. The van der Waals surface area contributed by atoms with Gasteiger partial charge in [0.15, 0.2) is 22.9 Å². The van der Waals surface area contributed by atoms with Gasteiger partial charge in [-0.05, 0) is 42.7 Å². The second-order valence-electron chi connectivity index (χ2n) is 8.46. The van der Waals surface area contributed by atoms with E-state index in [2.05, 4.69) is 20.5 Å². The molecule has 1 amide bonds. The van der Waals surface area contributed by atoms with Gasteiger partial charge >= 0.3 is 6.18 Å². The maximum Gasteiger partial charge on any atom is 0.433 e. The number of fused-ring (bicyclic) bond motifs is 1. The van der Waals surface area contributed by atoms with E-state index in [4.69, 9.17) is 0 Å². The molecule has 2 aromatic carbocycles. The molecule has 0 fully saturated rings. The lowest BCUT2D eigenvalue weighted by molar-refractivity contribution is -0.142. The minimum Gasteiger partial charge on any atom is -0.304 e. The van der Waals surface area contributed by atoms with Crippen molar-refractivity contribution in [2.75, 3.05) is 5.32 Å². The summed E-state index contributed by atoms with van der Waals surface area (Å²) in [6, 6.07) is 18.8. The summed E-state index contributed by atoms with van der Waals surface area (Å²) in [5.41, 5.74) is 2.36. The molecular formula is C26H21F3N6O. The van der Waals surface area contributed by atoms with Gasteiger partial charge in [-0.2, -0.15) is 23.4 Å². The van der Waals surface area contributed by atoms with Crippen molar-refractivity contribution in [2.24, 2.45) is 0 Å². The van der Waals surface area contributed by atoms with Crippen molar-refractivity contribution in [2.45, 2.75) is 26.6 Å². The van der Waals surface area contributed by atoms with Crippen molar-refractivity contribution in [3.05, 3.63) is 101 Å². The second-order valence-corrected chi connectivity index (χ2v) is 8.46. The summed E-state index contributed by atoms with van der Waals surface area (Å²) in [5.74, 6) is -0.431. The summed E-state index contributed by atoms with van der Waals surface area (Å²) in [5, 5.41) is 10.8. The highest BCUT2D eigenvalue weighted by Crippen LogP contribution is 2.32. The Hall–Kier alpha value is -4.47. The van der Waals surface area contributed by atoms with Crippen LogP contribution in [0.15, 0.2) is 72.9 Å². The molecule has 10 heteroatoms. The summed E-state index contributed by atoms with van der Waals surface area (Å²) in [6.45, 7) is 4.30. The molecule has 0 bridgehead atoms. The fourth-order valence-electron chi connectivity index (χ4n) is 3.80. The first-order chi connectivity index (χ1) is 17.2. The van der Waals surface area contributed by atoms with Crippen molar-refractivity contribution in [3.8, 4) is 11.3 Å². The third-order valence-electron chi connectivity index (χ3n) is 5.82. The lowest BCUT2D eigenvalue weighted by atomic mass is 10.0. The Bertz CT molecular complexity index is 1570. The smallest absolute Gasteiger partial charge is 0.304 e. The zero-order valence-corrected chi connectivity index (χ0v) is 19.4. The average Bonchev–Trinajstić information content (AvgIpc) is 3.47. The number of aromatic nitrogens is 5. The van der Waals surface area contributed by atoms with Gasteiger partial charge in [-0.15, -0.1) is 0 Å². The lowest BCUT2D eigenvalue weighted by Gasteiger charge is -2.11. The van der Waals surface area contributed by atoms with E-state index in [9.17, 15) is 18.0 Å². The summed E-state index contributed by atoms with van der Waals surface area (Å²) in [7, 11) is 0. The number of nitrogens with zero attached hydrogens (tertiary/aromatic N) is 5. The van der Waals surface area contributed by atoms with Crippen LogP contribution in [0.5, 0.6) is 0 Å². The van der Waals surface area contributed by atoms with E-state index in [1.54, 1.807) is 29.1 Å². The number of benzene rings is 2. The highest BCUT2D eigenvalue weighted by Gasteiger charge is 2.35. The number of carbonyl (C=O) groups is 1. The van der Waals surface area contributed by atoms with Crippen LogP contribution in [0, 0.1) is 13.8 Å². The molecule has 0 spiro atoms. The van der Waals surface area contributed by atoms with Crippen LogP contribution >= 0.6 is 0 Å². The largest absolute Gasteiger partial charge is 0.433 e. The Morgan fingerprint density at radius 3 is 2.44 bits per heavy atom. The van der Waals surface area contributed by atoms with E-state index in [0.29, 0.717) is 16.6 Å². The van der Waals surface area contributed by atoms with Crippen molar-refractivity contribution >= 4 is 17.4 Å². The van der Waals surface area contributed by atoms with Crippen LogP contribution in [0.3, 0.4) is 0 Å². The minimum atomic E-state index is -4.70. The number of hydrogen-bond acceptors (Lipinski definition) is 4. The SMILES string of the molecule is Cc1ccc(-c2cc(C(F)(F)F)n3nc(C(=O)Nc4ccn(Cc5ccccc5)n4)cc3n2)cc1C. The van der Waals surface area contributed by atoms with E-state index in [-0.39, 0.29) is 22.9 Å². The van der Waals surface area contributed by atoms with Gasteiger partial charge in [0.05, 0.1) is 12.2 Å². The van der Waals surface area contributed by atoms with Crippen LogP contribution in [0.2, 0.25) is 0 Å². The normalized spacial score (nSPS) is 11.7. The van der Waals surface area contributed by atoms with Crippen LogP contribution in [-0.4, -0.2) is 30.3 Å². The zero-order valence-electron chi connectivity index (χ0n) is 19.4. The number of aryl methyl sites for hydroxylation is 2. The molecule has 7 nitrogen and oxygen atoms in total.